The summed E-state index contributed by atoms with van der Waals surface area (Å²) in [7, 11) is 0. The van der Waals surface area contributed by atoms with Gasteiger partial charge >= 0.3 is 11.6 Å². The van der Waals surface area contributed by atoms with Crippen LogP contribution in [0.3, 0.4) is 0 Å². The average molecular weight is 459 g/mol. The van der Waals surface area contributed by atoms with E-state index in [1.54, 1.807) is 18.2 Å². The van der Waals surface area contributed by atoms with Crippen molar-refractivity contribution in [1.29, 1.82) is 0 Å². The van der Waals surface area contributed by atoms with Gasteiger partial charge in [-0.05, 0) is 50.3 Å². The Balaban J connectivity index is 1.51. The fourth-order valence-electron chi connectivity index (χ4n) is 3.57. The van der Waals surface area contributed by atoms with Crippen molar-refractivity contribution in [3.05, 3.63) is 39.7 Å². The number of carboxylic acid groups (broad SMARTS) is 1. The number of benzene rings is 1. The summed E-state index contributed by atoms with van der Waals surface area (Å²) < 4.78 is 10.9. The van der Waals surface area contributed by atoms with Crippen LogP contribution in [0.25, 0.3) is 11.0 Å². The molecule has 0 radical (unpaired) electrons. The molecule has 0 fully saturated rings. The molecule has 1 atom stereocenters. The molecular weight excluding hydrogens is 434 g/mol. The van der Waals surface area contributed by atoms with Gasteiger partial charge in [-0.1, -0.05) is 0 Å². The van der Waals surface area contributed by atoms with E-state index in [1.807, 2.05) is 0 Å². The van der Waals surface area contributed by atoms with Crippen LogP contribution in [0.4, 0.5) is 0 Å². The first-order valence-electron chi connectivity index (χ1n) is 10.5. The van der Waals surface area contributed by atoms with Crippen LogP contribution in [0, 0.1) is 0 Å². The molecule has 0 aliphatic heterocycles. The topological polar surface area (TPSA) is 164 Å². The second kappa shape index (κ2) is 10.6. The summed E-state index contributed by atoms with van der Waals surface area (Å²) in [5.74, 6) is -2.73. The number of rotatable bonds is 9. The van der Waals surface area contributed by atoms with Crippen LogP contribution in [0.2, 0.25) is 0 Å². The summed E-state index contributed by atoms with van der Waals surface area (Å²) in [5.41, 5.74) is 1.79. The van der Waals surface area contributed by atoms with Gasteiger partial charge in [-0.15, -0.1) is 0 Å². The fraction of sp³-hybridized carbons (Fsp3) is 0.409. The van der Waals surface area contributed by atoms with Gasteiger partial charge in [0.05, 0.1) is 6.54 Å². The maximum absolute atomic E-state index is 12.2. The minimum absolute atomic E-state index is 0.337. The van der Waals surface area contributed by atoms with Crippen LogP contribution in [-0.2, 0) is 32.0 Å². The van der Waals surface area contributed by atoms with Crippen LogP contribution in [0.5, 0.6) is 5.75 Å². The minimum atomic E-state index is -1.21. The van der Waals surface area contributed by atoms with Gasteiger partial charge in [0, 0.05) is 17.0 Å². The van der Waals surface area contributed by atoms with Crippen molar-refractivity contribution in [2.45, 2.75) is 38.6 Å². The Morgan fingerprint density at radius 1 is 1.06 bits per heavy atom. The molecule has 1 aromatic carbocycles. The Labute approximate surface area is 188 Å². The first kappa shape index (κ1) is 23.8. The number of amides is 3. The highest BCUT2D eigenvalue weighted by Gasteiger charge is 2.19. The Morgan fingerprint density at radius 2 is 1.79 bits per heavy atom. The molecular formula is C22H25N3O8. The number of aliphatic carboxylic acids is 1. The molecule has 3 amide bonds. The second-order valence-electron chi connectivity index (χ2n) is 7.68. The summed E-state index contributed by atoms with van der Waals surface area (Å²) in [4.78, 5) is 58.2. The van der Waals surface area contributed by atoms with E-state index in [1.165, 1.54) is 6.92 Å². The molecule has 1 aliphatic rings. The van der Waals surface area contributed by atoms with Gasteiger partial charge in [0.15, 0.2) is 6.61 Å². The molecule has 11 heteroatoms. The van der Waals surface area contributed by atoms with Gasteiger partial charge in [0.25, 0.3) is 5.91 Å². The fourth-order valence-corrected chi connectivity index (χ4v) is 3.57. The van der Waals surface area contributed by atoms with Crippen LogP contribution in [0.1, 0.15) is 30.9 Å². The quantitative estimate of drug-likeness (QED) is 0.377. The molecule has 0 bridgehead atoms. The van der Waals surface area contributed by atoms with E-state index < -0.39 is 42.8 Å². The Hall–Kier alpha value is -3.89. The maximum Gasteiger partial charge on any atom is 0.339 e. The zero-order chi connectivity index (χ0) is 24.0. The van der Waals surface area contributed by atoms with Gasteiger partial charge < -0.3 is 30.2 Å². The predicted octanol–water partition coefficient (Wildman–Crippen LogP) is -0.128. The highest BCUT2D eigenvalue weighted by Crippen LogP contribution is 2.29. The van der Waals surface area contributed by atoms with E-state index in [0.29, 0.717) is 17.8 Å². The number of ether oxygens (including phenoxy) is 1. The third kappa shape index (κ3) is 6.31. The average Bonchev–Trinajstić information content (AvgIpc) is 2.79. The van der Waals surface area contributed by atoms with E-state index in [2.05, 4.69) is 16.0 Å². The summed E-state index contributed by atoms with van der Waals surface area (Å²) in [6.07, 6.45) is 3.52. The van der Waals surface area contributed by atoms with E-state index >= 15 is 0 Å². The van der Waals surface area contributed by atoms with E-state index in [0.717, 1.165) is 35.8 Å². The monoisotopic (exact) mass is 459 g/mol. The van der Waals surface area contributed by atoms with Crippen LogP contribution < -0.4 is 26.3 Å². The summed E-state index contributed by atoms with van der Waals surface area (Å²) in [6.45, 7) is 0.0709. The zero-order valence-corrected chi connectivity index (χ0v) is 18.1. The first-order valence-corrected chi connectivity index (χ1v) is 10.5. The Morgan fingerprint density at radius 3 is 2.52 bits per heavy atom. The Bertz CT molecular complexity index is 1140. The first-order chi connectivity index (χ1) is 15.7. The van der Waals surface area contributed by atoms with Gasteiger partial charge in [-0.2, -0.15) is 0 Å². The minimum Gasteiger partial charge on any atom is -0.484 e. The normalized spacial score (nSPS) is 13.5. The number of carboxylic acids is 1. The highest BCUT2D eigenvalue weighted by molar-refractivity contribution is 5.91. The predicted molar refractivity (Wildman–Crippen MR) is 116 cm³/mol. The lowest BCUT2D eigenvalue weighted by atomic mass is 9.91. The molecule has 3 rings (SSSR count). The van der Waals surface area contributed by atoms with Crippen molar-refractivity contribution in [3.8, 4) is 5.75 Å². The van der Waals surface area contributed by atoms with Crippen molar-refractivity contribution in [2.75, 3.05) is 19.7 Å². The van der Waals surface area contributed by atoms with Crippen LogP contribution in [-0.4, -0.2) is 54.5 Å². The molecule has 2 aromatic rings. The summed E-state index contributed by atoms with van der Waals surface area (Å²) >= 11 is 0. The maximum atomic E-state index is 12.2. The largest absolute Gasteiger partial charge is 0.484 e. The standard InChI is InChI=1S/C22H25N3O8/c1-12(21(30)24-9-18(26)23-10-20(28)29)25-19(27)11-32-13-6-7-15-14-4-2-3-5-16(14)22(31)33-17(15)8-13/h6-8,12H,2-5,9-11H2,1H3,(H,23,26)(H,24,30)(H,25,27)(H,28,29)/t12-/m1/s1. The highest BCUT2D eigenvalue weighted by atomic mass is 16.5. The third-order valence-electron chi connectivity index (χ3n) is 5.20. The lowest BCUT2D eigenvalue weighted by molar-refractivity contribution is -0.138. The number of hydrogen-bond acceptors (Lipinski definition) is 7. The lowest BCUT2D eigenvalue weighted by Gasteiger charge is -2.16. The van der Waals surface area contributed by atoms with Crippen molar-refractivity contribution in [1.82, 2.24) is 16.0 Å². The number of fused-ring (bicyclic) bond motifs is 3. The molecule has 0 saturated heterocycles. The molecule has 1 aliphatic carbocycles. The molecule has 0 unspecified atom stereocenters. The van der Waals surface area contributed by atoms with Crippen molar-refractivity contribution < 1.29 is 33.4 Å². The Kier molecular flexibility index (Phi) is 7.65. The van der Waals surface area contributed by atoms with E-state index in [-0.39, 0.29) is 12.2 Å². The van der Waals surface area contributed by atoms with Crippen molar-refractivity contribution in [2.24, 2.45) is 0 Å². The molecule has 0 spiro atoms. The molecule has 11 nitrogen and oxygen atoms in total. The molecule has 1 heterocycles. The van der Waals surface area contributed by atoms with Gasteiger partial charge in [0.1, 0.15) is 23.9 Å². The number of carbonyl (C=O) groups is 4. The van der Waals surface area contributed by atoms with Gasteiger partial charge in [-0.25, -0.2) is 4.79 Å². The molecule has 176 valence electrons. The number of carbonyl (C=O) groups excluding carboxylic acids is 3. The SMILES string of the molecule is C[C@@H](NC(=O)COc1ccc2c3c(c(=O)oc2c1)CCCC3)C(=O)NCC(=O)NCC(=O)O. The van der Waals surface area contributed by atoms with Crippen molar-refractivity contribution >= 4 is 34.7 Å². The zero-order valence-electron chi connectivity index (χ0n) is 18.1. The molecule has 33 heavy (non-hydrogen) atoms. The van der Waals surface area contributed by atoms with Gasteiger partial charge in [-0.3, -0.25) is 19.2 Å². The second-order valence-corrected chi connectivity index (χ2v) is 7.68. The lowest BCUT2D eigenvalue weighted by Crippen LogP contribution is -2.48. The van der Waals surface area contributed by atoms with Crippen LogP contribution >= 0.6 is 0 Å². The molecule has 1 aromatic heterocycles. The van der Waals surface area contributed by atoms with Crippen molar-refractivity contribution in [3.63, 3.8) is 0 Å². The van der Waals surface area contributed by atoms with E-state index in [4.69, 9.17) is 14.3 Å². The summed E-state index contributed by atoms with van der Waals surface area (Å²) in [5, 5.41) is 16.2. The number of aryl methyl sites for hydroxylation is 1. The smallest absolute Gasteiger partial charge is 0.339 e. The number of nitrogens with one attached hydrogen (secondary N) is 3. The van der Waals surface area contributed by atoms with Gasteiger partial charge in [0.2, 0.25) is 11.8 Å². The summed E-state index contributed by atoms with van der Waals surface area (Å²) in [6, 6.07) is 4.11. The third-order valence-corrected chi connectivity index (χ3v) is 5.20. The molecule has 4 N–H and O–H groups in total. The molecule has 0 saturated carbocycles. The van der Waals surface area contributed by atoms with E-state index in [9.17, 15) is 24.0 Å². The van der Waals surface area contributed by atoms with Crippen LogP contribution in [0.15, 0.2) is 27.4 Å². The number of hydrogen-bond donors (Lipinski definition) is 4.